The van der Waals surface area contributed by atoms with Crippen LogP contribution >= 0.6 is 0 Å². The molecule has 0 saturated heterocycles. The van der Waals surface area contributed by atoms with Crippen LogP contribution < -0.4 is 10.2 Å². The fraction of sp³-hybridized carbons (Fsp3) is 0.120. The van der Waals surface area contributed by atoms with Crippen molar-refractivity contribution >= 4 is 35.2 Å². The molecule has 0 spiro atoms. The number of carbonyl (C=O) groups is 4. The molecule has 10 nitrogen and oxygen atoms in total. The molecule has 0 aliphatic carbocycles. The Labute approximate surface area is 200 Å². The van der Waals surface area contributed by atoms with E-state index in [9.17, 15) is 24.3 Å². The van der Waals surface area contributed by atoms with Gasteiger partial charge in [-0.25, -0.2) is 14.4 Å². The van der Waals surface area contributed by atoms with Crippen molar-refractivity contribution in [2.45, 2.75) is 6.92 Å². The van der Waals surface area contributed by atoms with Crippen molar-refractivity contribution in [2.24, 2.45) is 0 Å². The van der Waals surface area contributed by atoms with Crippen molar-refractivity contribution in [1.29, 1.82) is 0 Å². The number of nitrogens with zero attached hydrogens (tertiary/aromatic N) is 1. The van der Waals surface area contributed by atoms with Crippen LogP contribution in [0.2, 0.25) is 0 Å². The van der Waals surface area contributed by atoms with Gasteiger partial charge in [-0.2, -0.15) is 0 Å². The molecule has 2 aromatic carbocycles. The zero-order valence-corrected chi connectivity index (χ0v) is 19.1. The number of phenols is 1. The number of amides is 1. The minimum Gasteiger partial charge on any atom is -0.507 e. The highest BCUT2D eigenvalue weighted by molar-refractivity contribution is 6.07. The third kappa shape index (κ3) is 5.22. The summed E-state index contributed by atoms with van der Waals surface area (Å²) >= 11 is 0. The molecule has 0 radical (unpaired) electrons. The van der Waals surface area contributed by atoms with Gasteiger partial charge in [0, 0.05) is 23.1 Å². The Kier molecular flexibility index (Phi) is 7.35. The quantitative estimate of drug-likeness (QED) is 0.421. The number of anilines is 2. The maximum Gasteiger partial charge on any atom is 0.355 e. The van der Waals surface area contributed by atoms with Gasteiger partial charge in [-0.15, -0.1) is 0 Å². The lowest BCUT2D eigenvalue weighted by molar-refractivity contribution is -0.139. The van der Waals surface area contributed by atoms with Crippen molar-refractivity contribution in [3.63, 3.8) is 0 Å². The molecule has 3 N–H and O–H groups in total. The van der Waals surface area contributed by atoms with Crippen molar-refractivity contribution < 1.29 is 38.9 Å². The van der Waals surface area contributed by atoms with Crippen molar-refractivity contribution in [1.82, 2.24) is 0 Å². The summed E-state index contributed by atoms with van der Waals surface area (Å²) in [5.41, 5.74) is 1.12. The van der Waals surface area contributed by atoms with E-state index >= 15 is 0 Å². The molecule has 1 aliphatic heterocycles. The van der Waals surface area contributed by atoms with Crippen LogP contribution in [0.1, 0.15) is 26.3 Å². The van der Waals surface area contributed by atoms with E-state index in [4.69, 9.17) is 14.6 Å². The van der Waals surface area contributed by atoms with Gasteiger partial charge >= 0.3 is 17.9 Å². The number of carbonyl (C=O) groups excluding carboxylic acids is 3. The Bertz CT molecular complexity index is 1310. The van der Waals surface area contributed by atoms with Crippen LogP contribution in [0.3, 0.4) is 0 Å². The van der Waals surface area contributed by atoms with Gasteiger partial charge in [0.2, 0.25) is 0 Å². The molecule has 2 aromatic rings. The second-order valence-corrected chi connectivity index (χ2v) is 7.31. The molecule has 3 rings (SSSR count). The van der Waals surface area contributed by atoms with Gasteiger partial charge in [-0.05, 0) is 61.0 Å². The van der Waals surface area contributed by atoms with Crippen LogP contribution in [0.15, 0.2) is 72.1 Å². The number of aromatic carboxylic acids is 1. The Hall–Kier alpha value is -4.86. The predicted octanol–water partition coefficient (Wildman–Crippen LogP) is 3.14. The number of benzene rings is 2. The maximum atomic E-state index is 12.8. The van der Waals surface area contributed by atoms with Gasteiger partial charge < -0.3 is 29.9 Å². The SMILES string of the molecule is COC(=O)C1=C(C(=O)OC)N(c2ccc(C(=O)Nc3ccc(O)c(C(=O)O)c3)cc2C)C=CC=C1. The van der Waals surface area contributed by atoms with Crippen LogP contribution in [0.4, 0.5) is 11.4 Å². The zero-order chi connectivity index (χ0) is 25.7. The van der Waals surface area contributed by atoms with Gasteiger partial charge in [-0.1, -0.05) is 6.08 Å². The zero-order valence-electron chi connectivity index (χ0n) is 19.1. The normalized spacial score (nSPS) is 12.7. The lowest BCUT2D eigenvalue weighted by atomic mass is 10.1. The topological polar surface area (TPSA) is 142 Å². The average molecular weight is 478 g/mol. The molecule has 0 atom stereocenters. The lowest BCUT2D eigenvalue weighted by Crippen LogP contribution is -2.27. The number of carboxylic acid groups (broad SMARTS) is 1. The molecule has 1 amide bonds. The number of rotatable bonds is 6. The molecule has 10 heteroatoms. The van der Waals surface area contributed by atoms with E-state index in [0.29, 0.717) is 11.3 Å². The molecule has 1 aliphatic rings. The van der Waals surface area contributed by atoms with Gasteiger partial charge in [0.25, 0.3) is 5.91 Å². The summed E-state index contributed by atoms with van der Waals surface area (Å²) in [7, 11) is 2.40. The fourth-order valence-electron chi connectivity index (χ4n) is 3.41. The Balaban J connectivity index is 1.97. The summed E-state index contributed by atoms with van der Waals surface area (Å²) in [6.45, 7) is 1.72. The molecular weight excluding hydrogens is 456 g/mol. The van der Waals surface area contributed by atoms with E-state index in [0.717, 1.165) is 6.07 Å². The lowest BCUT2D eigenvalue weighted by Gasteiger charge is -2.25. The summed E-state index contributed by atoms with van der Waals surface area (Å²) in [6, 6.07) is 8.37. The fourth-order valence-corrected chi connectivity index (χ4v) is 3.41. The highest BCUT2D eigenvalue weighted by Crippen LogP contribution is 2.30. The van der Waals surface area contributed by atoms with Crippen LogP contribution in [-0.4, -0.2) is 48.2 Å². The molecule has 0 fully saturated rings. The summed E-state index contributed by atoms with van der Waals surface area (Å²) < 4.78 is 9.69. The summed E-state index contributed by atoms with van der Waals surface area (Å²) in [5.74, 6) is -3.76. The number of hydrogen-bond acceptors (Lipinski definition) is 8. The number of carboxylic acids is 1. The second-order valence-electron chi connectivity index (χ2n) is 7.31. The first kappa shape index (κ1) is 24.8. The van der Waals surface area contributed by atoms with E-state index < -0.39 is 29.6 Å². The molecular formula is C25H22N2O8. The number of esters is 2. The molecule has 180 valence electrons. The third-order valence-corrected chi connectivity index (χ3v) is 5.09. The first-order valence-electron chi connectivity index (χ1n) is 10.2. The maximum absolute atomic E-state index is 12.8. The van der Waals surface area contributed by atoms with E-state index in [2.05, 4.69) is 5.32 Å². The van der Waals surface area contributed by atoms with Crippen LogP contribution in [0, 0.1) is 6.92 Å². The Morgan fingerprint density at radius 3 is 2.29 bits per heavy atom. The van der Waals surface area contributed by atoms with E-state index in [1.807, 2.05) is 0 Å². The smallest absolute Gasteiger partial charge is 0.355 e. The highest BCUT2D eigenvalue weighted by atomic mass is 16.5. The molecule has 0 saturated carbocycles. The van der Waals surface area contributed by atoms with Crippen LogP contribution in [0.25, 0.3) is 0 Å². The number of allylic oxidation sites excluding steroid dienone is 2. The van der Waals surface area contributed by atoms with Gasteiger partial charge in [-0.3, -0.25) is 4.79 Å². The van der Waals surface area contributed by atoms with Gasteiger partial charge in [0.05, 0.1) is 19.8 Å². The highest BCUT2D eigenvalue weighted by Gasteiger charge is 2.28. The minimum absolute atomic E-state index is 0.00728. The average Bonchev–Trinajstić information content (AvgIpc) is 3.06. The number of ether oxygens (including phenoxy) is 2. The molecule has 0 bridgehead atoms. The molecule has 0 aromatic heterocycles. The summed E-state index contributed by atoms with van der Waals surface area (Å²) in [5, 5.41) is 21.4. The van der Waals surface area contributed by atoms with Crippen LogP contribution in [0.5, 0.6) is 5.75 Å². The molecule has 0 unspecified atom stereocenters. The minimum atomic E-state index is -1.33. The third-order valence-electron chi connectivity index (χ3n) is 5.09. The number of nitrogens with one attached hydrogen (secondary N) is 1. The van der Waals surface area contributed by atoms with E-state index in [1.165, 1.54) is 43.4 Å². The second kappa shape index (κ2) is 10.4. The molecule has 35 heavy (non-hydrogen) atoms. The van der Waals surface area contributed by atoms with Crippen molar-refractivity contribution in [2.75, 3.05) is 24.4 Å². The number of aromatic hydroxyl groups is 1. The monoisotopic (exact) mass is 478 g/mol. The Morgan fingerprint density at radius 1 is 0.943 bits per heavy atom. The Morgan fingerprint density at radius 2 is 1.66 bits per heavy atom. The summed E-state index contributed by atoms with van der Waals surface area (Å²) in [6.07, 6.45) is 6.22. The first-order chi connectivity index (χ1) is 16.7. The standard InChI is InChI=1S/C25H22N2O8/c1-14-12-15(22(29)26-16-8-10-20(28)18(13-16)23(30)31)7-9-19(14)27-11-5-4-6-17(24(32)34-2)21(27)25(33)35-3/h4-13,28H,1-3H3,(H,26,29)(H,30,31). The largest absolute Gasteiger partial charge is 0.507 e. The summed E-state index contributed by atoms with van der Waals surface area (Å²) in [4.78, 5) is 50.4. The van der Waals surface area contributed by atoms with Crippen molar-refractivity contribution in [3.05, 3.63) is 88.8 Å². The number of methoxy groups -OCH3 is 2. The number of hydrogen-bond donors (Lipinski definition) is 3. The first-order valence-corrected chi connectivity index (χ1v) is 10.2. The van der Waals surface area contributed by atoms with Crippen molar-refractivity contribution in [3.8, 4) is 5.75 Å². The predicted molar refractivity (Wildman–Crippen MR) is 126 cm³/mol. The van der Waals surface area contributed by atoms with Gasteiger partial charge in [0.15, 0.2) is 0 Å². The van der Waals surface area contributed by atoms with E-state index in [-0.39, 0.29) is 28.1 Å². The molecule has 1 heterocycles. The van der Waals surface area contributed by atoms with Gasteiger partial charge in [0.1, 0.15) is 17.0 Å². The van der Waals surface area contributed by atoms with E-state index in [1.54, 1.807) is 37.4 Å². The number of aryl methyl sites for hydroxylation is 1. The van der Waals surface area contributed by atoms with Crippen LogP contribution in [-0.2, 0) is 19.1 Å².